The molecule has 1 aliphatic carbocycles. The fraction of sp³-hybridized carbons (Fsp3) is 0.917. The minimum absolute atomic E-state index is 0.326. The molecular weight excluding hydrogens is 202 g/mol. The van der Waals surface area contributed by atoms with Crippen molar-refractivity contribution in [1.29, 1.82) is 0 Å². The number of nitrogens with zero attached hydrogens (tertiary/aromatic N) is 2. The van der Waals surface area contributed by atoms with Crippen molar-refractivity contribution in [3.05, 3.63) is 0 Å². The third-order valence-electron chi connectivity index (χ3n) is 3.43. The second-order valence-corrected chi connectivity index (χ2v) is 4.99. The van der Waals surface area contributed by atoms with Crippen LogP contribution in [-0.2, 0) is 0 Å². The maximum Gasteiger partial charge on any atom is 0.153 e. The zero-order valence-corrected chi connectivity index (χ0v) is 10.5. The van der Waals surface area contributed by atoms with Crippen molar-refractivity contribution in [2.45, 2.75) is 52.0 Å². The Balaban J connectivity index is 2.53. The quantitative estimate of drug-likeness (QED) is 0.327. The highest BCUT2D eigenvalue weighted by molar-refractivity contribution is 5.81. The lowest BCUT2D eigenvalue weighted by molar-refractivity contribution is 0.151. The first-order chi connectivity index (χ1) is 7.67. The maximum atomic E-state index is 8.64. The van der Waals surface area contributed by atoms with Gasteiger partial charge in [-0.1, -0.05) is 31.8 Å². The maximum absolute atomic E-state index is 8.64. The first kappa shape index (κ1) is 13.3. The van der Waals surface area contributed by atoms with E-state index in [1.807, 2.05) is 0 Å². The molecule has 0 saturated heterocycles. The molecule has 1 fully saturated rings. The molecule has 0 spiro atoms. The topological polar surface area (TPSA) is 61.8 Å². The first-order valence-electron chi connectivity index (χ1n) is 6.37. The zero-order valence-electron chi connectivity index (χ0n) is 10.5. The van der Waals surface area contributed by atoms with Crippen LogP contribution in [0.1, 0.15) is 46.0 Å². The molecule has 1 rings (SSSR count). The summed E-state index contributed by atoms with van der Waals surface area (Å²) in [5.74, 6) is 1.14. The molecular formula is C12H25N3O. The van der Waals surface area contributed by atoms with E-state index in [9.17, 15) is 0 Å². The van der Waals surface area contributed by atoms with Crippen LogP contribution in [0.15, 0.2) is 5.16 Å². The highest BCUT2D eigenvalue weighted by Gasteiger charge is 2.24. The number of rotatable bonds is 5. The van der Waals surface area contributed by atoms with Gasteiger partial charge in [0.1, 0.15) is 0 Å². The summed E-state index contributed by atoms with van der Waals surface area (Å²) < 4.78 is 0. The van der Waals surface area contributed by atoms with Crippen LogP contribution in [0.25, 0.3) is 0 Å². The molecule has 94 valence electrons. The molecule has 0 aromatic carbocycles. The molecule has 0 radical (unpaired) electrons. The van der Waals surface area contributed by atoms with E-state index >= 15 is 0 Å². The van der Waals surface area contributed by atoms with Crippen molar-refractivity contribution in [2.75, 3.05) is 13.1 Å². The van der Waals surface area contributed by atoms with Crippen molar-refractivity contribution in [3.63, 3.8) is 0 Å². The molecule has 0 amide bonds. The molecule has 3 N–H and O–H groups in total. The monoisotopic (exact) mass is 227 g/mol. The van der Waals surface area contributed by atoms with Crippen LogP contribution in [0.2, 0.25) is 0 Å². The second-order valence-electron chi connectivity index (χ2n) is 4.99. The van der Waals surface area contributed by atoms with Crippen LogP contribution in [0.5, 0.6) is 0 Å². The van der Waals surface area contributed by atoms with E-state index in [0.717, 1.165) is 18.9 Å². The van der Waals surface area contributed by atoms with Gasteiger partial charge in [0.2, 0.25) is 0 Å². The number of amidine groups is 1. The number of oxime groups is 1. The molecule has 2 atom stereocenters. The number of hydrogen-bond donors (Lipinski definition) is 2. The lowest BCUT2D eigenvalue weighted by Crippen LogP contribution is -2.43. The Kier molecular flexibility index (Phi) is 5.60. The molecule has 0 heterocycles. The summed E-state index contributed by atoms with van der Waals surface area (Å²) in [6, 6.07) is 0.615. The van der Waals surface area contributed by atoms with E-state index in [2.05, 4.69) is 23.9 Å². The van der Waals surface area contributed by atoms with E-state index in [0.29, 0.717) is 18.4 Å². The molecule has 0 aromatic rings. The molecule has 4 heteroatoms. The standard InChI is InChI=1S/C12H25N3O/c1-3-7-15(9-12(13)14-16)11-6-4-5-10(2)8-11/h10-11,16H,3-9H2,1-2H3,(H2,13,14). The van der Waals surface area contributed by atoms with Crippen LogP contribution in [0.3, 0.4) is 0 Å². The van der Waals surface area contributed by atoms with Gasteiger partial charge >= 0.3 is 0 Å². The molecule has 16 heavy (non-hydrogen) atoms. The largest absolute Gasteiger partial charge is 0.409 e. The minimum Gasteiger partial charge on any atom is -0.409 e. The third-order valence-corrected chi connectivity index (χ3v) is 3.43. The van der Waals surface area contributed by atoms with Crippen LogP contribution in [0.4, 0.5) is 0 Å². The van der Waals surface area contributed by atoms with Gasteiger partial charge in [0.25, 0.3) is 0 Å². The predicted molar refractivity (Wildman–Crippen MR) is 66.7 cm³/mol. The Morgan fingerprint density at radius 2 is 2.25 bits per heavy atom. The van der Waals surface area contributed by atoms with Gasteiger partial charge in [-0.15, -0.1) is 0 Å². The highest BCUT2D eigenvalue weighted by atomic mass is 16.4. The highest BCUT2D eigenvalue weighted by Crippen LogP contribution is 2.27. The molecule has 0 aliphatic heterocycles. The summed E-state index contributed by atoms with van der Waals surface area (Å²) in [6.07, 6.45) is 6.27. The average molecular weight is 227 g/mol. The second kappa shape index (κ2) is 6.74. The molecule has 1 saturated carbocycles. The van der Waals surface area contributed by atoms with Gasteiger partial charge in [0.05, 0.1) is 6.54 Å². The lowest BCUT2D eigenvalue weighted by Gasteiger charge is -2.36. The normalized spacial score (nSPS) is 27.3. The Bertz CT molecular complexity index is 230. The van der Waals surface area contributed by atoms with Gasteiger partial charge in [-0.05, 0) is 31.7 Å². The lowest BCUT2D eigenvalue weighted by atomic mass is 9.86. The molecule has 4 nitrogen and oxygen atoms in total. The molecule has 0 aromatic heterocycles. The fourth-order valence-electron chi connectivity index (χ4n) is 2.65. The van der Waals surface area contributed by atoms with Crippen molar-refractivity contribution >= 4 is 5.84 Å². The van der Waals surface area contributed by atoms with Crippen LogP contribution < -0.4 is 5.73 Å². The van der Waals surface area contributed by atoms with Crippen molar-refractivity contribution in [1.82, 2.24) is 4.90 Å². The summed E-state index contributed by atoms with van der Waals surface area (Å²) >= 11 is 0. The van der Waals surface area contributed by atoms with Gasteiger partial charge in [0.15, 0.2) is 5.84 Å². The van der Waals surface area contributed by atoms with E-state index in [1.165, 1.54) is 25.7 Å². The number of nitrogens with two attached hydrogens (primary N) is 1. The first-order valence-corrected chi connectivity index (χ1v) is 6.37. The Labute approximate surface area is 98.5 Å². The summed E-state index contributed by atoms with van der Waals surface area (Å²) in [5, 5.41) is 11.7. The van der Waals surface area contributed by atoms with E-state index in [1.54, 1.807) is 0 Å². The third kappa shape index (κ3) is 4.00. The van der Waals surface area contributed by atoms with Crippen molar-refractivity contribution < 1.29 is 5.21 Å². The smallest absolute Gasteiger partial charge is 0.153 e. The van der Waals surface area contributed by atoms with E-state index in [-0.39, 0.29) is 0 Å². The average Bonchev–Trinajstić information content (AvgIpc) is 2.28. The van der Waals surface area contributed by atoms with Crippen LogP contribution in [-0.4, -0.2) is 35.1 Å². The zero-order chi connectivity index (χ0) is 12.0. The fourth-order valence-corrected chi connectivity index (χ4v) is 2.65. The van der Waals surface area contributed by atoms with Gasteiger partial charge in [-0.25, -0.2) is 0 Å². The SMILES string of the molecule is CCCN(CC(N)=NO)C1CCCC(C)C1. The molecule has 2 unspecified atom stereocenters. The van der Waals surface area contributed by atoms with E-state index in [4.69, 9.17) is 10.9 Å². The molecule has 1 aliphatic rings. The van der Waals surface area contributed by atoms with Crippen molar-refractivity contribution in [2.24, 2.45) is 16.8 Å². The van der Waals surface area contributed by atoms with Crippen molar-refractivity contribution in [3.8, 4) is 0 Å². The Morgan fingerprint density at radius 3 is 2.81 bits per heavy atom. The van der Waals surface area contributed by atoms with Crippen LogP contribution in [0, 0.1) is 5.92 Å². The Hall–Kier alpha value is -0.770. The number of hydrogen-bond acceptors (Lipinski definition) is 3. The Morgan fingerprint density at radius 1 is 1.50 bits per heavy atom. The van der Waals surface area contributed by atoms with Gasteiger partial charge in [-0.3, -0.25) is 4.90 Å². The summed E-state index contributed by atoms with van der Waals surface area (Å²) in [7, 11) is 0. The summed E-state index contributed by atoms with van der Waals surface area (Å²) in [4.78, 5) is 2.37. The summed E-state index contributed by atoms with van der Waals surface area (Å²) in [6.45, 7) is 6.13. The van der Waals surface area contributed by atoms with Gasteiger partial charge in [0, 0.05) is 6.04 Å². The molecule has 0 bridgehead atoms. The summed E-state index contributed by atoms with van der Waals surface area (Å²) in [5.41, 5.74) is 5.60. The predicted octanol–water partition coefficient (Wildman–Crippen LogP) is 2.02. The van der Waals surface area contributed by atoms with Crippen LogP contribution >= 0.6 is 0 Å². The van der Waals surface area contributed by atoms with Gasteiger partial charge < -0.3 is 10.9 Å². The van der Waals surface area contributed by atoms with E-state index < -0.39 is 0 Å². The minimum atomic E-state index is 0.326. The van der Waals surface area contributed by atoms with Gasteiger partial charge in [-0.2, -0.15) is 0 Å².